The Morgan fingerprint density at radius 2 is 0.913 bits per heavy atom. The number of hydrogen-bond acceptors (Lipinski definition) is 0. The minimum atomic E-state index is 1.26. The fourth-order valence-electron chi connectivity index (χ4n) is 2.97. The Kier molecular flexibility index (Phi) is 3.44. The van der Waals surface area contributed by atoms with Crippen LogP contribution in [0.4, 0.5) is 0 Å². The molecule has 0 aromatic heterocycles. The summed E-state index contributed by atoms with van der Waals surface area (Å²) in [5.74, 6) is 0. The first-order chi connectivity index (χ1) is 11.3. The van der Waals surface area contributed by atoms with Crippen molar-refractivity contribution in [2.24, 2.45) is 0 Å². The summed E-state index contributed by atoms with van der Waals surface area (Å²) in [6.07, 6.45) is 0. The van der Waals surface area contributed by atoms with Gasteiger partial charge in [0.05, 0.1) is 0 Å². The molecule has 4 rings (SSSR count). The van der Waals surface area contributed by atoms with Crippen LogP contribution in [0.3, 0.4) is 0 Å². The van der Waals surface area contributed by atoms with Crippen LogP contribution < -0.4 is 0 Å². The zero-order valence-corrected chi connectivity index (χ0v) is 13.2. The zero-order chi connectivity index (χ0) is 15.6. The second-order valence-corrected chi connectivity index (χ2v) is 6.01. The lowest BCUT2D eigenvalue weighted by molar-refractivity contribution is 1.47. The molecule has 0 N–H and O–H groups in total. The molecule has 23 heavy (non-hydrogen) atoms. The van der Waals surface area contributed by atoms with Gasteiger partial charge in [-0.05, 0) is 46.0 Å². The Balaban J connectivity index is 1.70. The van der Waals surface area contributed by atoms with Crippen molar-refractivity contribution in [1.82, 2.24) is 0 Å². The van der Waals surface area contributed by atoms with Gasteiger partial charge in [-0.15, -0.1) is 0 Å². The van der Waals surface area contributed by atoms with Crippen molar-refractivity contribution < 1.29 is 0 Å². The van der Waals surface area contributed by atoms with E-state index in [4.69, 9.17) is 0 Å². The normalized spacial score (nSPS) is 10.8. The first-order valence-corrected chi connectivity index (χ1v) is 7.96. The van der Waals surface area contributed by atoms with Gasteiger partial charge in [0.1, 0.15) is 0 Å². The summed E-state index contributed by atoms with van der Waals surface area (Å²) in [5.41, 5.74) is 6.34. The van der Waals surface area contributed by atoms with Gasteiger partial charge in [-0.2, -0.15) is 0 Å². The van der Waals surface area contributed by atoms with Crippen molar-refractivity contribution in [2.45, 2.75) is 6.92 Å². The highest BCUT2D eigenvalue weighted by molar-refractivity contribution is 5.87. The molecule has 0 spiro atoms. The molecule has 4 aromatic rings. The summed E-state index contributed by atoms with van der Waals surface area (Å²) in [6.45, 7) is 2.12. The van der Waals surface area contributed by atoms with Crippen LogP contribution in [0.2, 0.25) is 0 Å². The van der Waals surface area contributed by atoms with Gasteiger partial charge in [0.25, 0.3) is 0 Å². The third-order valence-corrected chi connectivity index (χ3v) is 4.35. The van der Waals surface area contributed by atoms with Gasteiger partial charge in [0.15, 0.2) is 0 Å². The maximum absolute atomic E-state index is 2.26. The Bertz CT molecular complexity index is 945. The summed E-state index contributed by atoms with van der Waals surface area (Å²) < 4.78 is 0. The maximum Gasteiger partial charge on any atom is -0.0178 e. The minimum Gasteiger partial charge on any atom is -0.0616 e. The van der Waals surface area contributed by atoms with Crippen LogP contribution in [0.25, 0.3) is 33.0 Å². The molecule has 0 fully saturated rings. The Labute approximate surface area is 137 Å². The predicted molar refractivity (Wildman–Crippen MR) is 99.6 cm³/mol. The fourth-order valence-corrected chi connectivity index (χ4v) is 2.97. The third kappa shape index (κ3) is 2.76. The average molecular weight is 294 g/mol. The van der Waals surface area contributed by atoms with Crippen molar-refractivity contribution >= 4 is 10.8 Å². The molecular formula is C23H18. The largest absolute Gasteiger partial charge is 0.0616 e. The summed E-state index contributed by atoms with van der Waals surface area (Å²) in [7, 11) is 0. The molecular weight excluding hydrogens is 276 g/mol. The van der Waals surface area contributed by atoms with Crippen molar-refractivity contribution in [3.8, 4) is 22.3 Å². The smallest absolute Gasteiger partial charge is 0.0178 e. The number of rotatable bonds is 2. The van der Waals surface area contributed by atoms with Crippen LogP contribution in [0.5, 0.6) is 0 Å². The maximum atomic E-state index is 2.26. The molecule has 0 saturated heterocycles. The first-order valence-electron chi connectivity index (χ1n) is 7.96. The molecule has 0 nitrogen and oxygen atoms in total. The van der Waals surface area contributed by atoms with Crippen LogP contribution >= 0.6 is 0 Å². The molecule has 4 aromatic carbocycles. The number of benzene rings is 4. The van der Waals surface area contributed by atoms with Gasteiger partial charge in [-0.1, -0.05) is 90.5 Å². The lowest BCUT2D eigenvalue weighted by atomic mass is 9.98. The molecule has 0 heteroatoms. The second kappa shape index (κ2) is 5.73. The molecule has 0 atom stereocenters. The van der Waals surface area contributed by atoms with Gasteiger partial charge in [0, 0.05) is 0 Å². The van der Waals surface area contributed by atoms with E-state index < -0.39 is 0 Å². The Hall–Kier alpha value is -2.86. The average Bonchev–Trinajstić information content (AvgIpc) is 2.62. The summed E-state index contributed by atoms with van der Waals surface area (Å²) in [4.78, 5) is 0. The van der Waals surface area contributed by atoms with E-state index in [2.05, 4.69) is 97.9 Å². The SMILES string of the molecule is Cc1ccc(-c2ccc(-c3ccc4ccccc4c3)cc2)cc1. The van der Waals surface area contributed by atoms with Crippen LogP contribution in [0.1, 0.15) is 5.56 Å². The summed E-state index contributed by atoms with van der Waals surface area (Å²) in [5, 5.41) is 2.57. The topological polar surface area (TPSA) is 0 Å². The summed E-state index contributed by atoms with van der Waals surface area (Å²) in [6, 6.07) is 32.6. The van der Waals surface area contributed by atoms with Crippen molar-refractivity contribution in [1.29, 1.82) is 0 Å². The molecule has 0 amide bonds. The molecule has 0 saturated carbocycles. The molecule has 0 bridgehead atoms. The van der Waals surface area contributed by atoms with Crippen LogP contribution in [-0.2, 0) is 0 Å². The van der Waals surface area contributed by atoms with Crippen LogP contribution in [-0.4, -0.2) is 0 Å². The van der Waals surface area contributed by atoms with E-state index in [-0.39, 0.29) is 0 Å². The summed E-state index contributed by atoms with van der Waals surface area (Å²) >= 11 is 0. The quantitative estimate of drug-likeness (QED) is 0.397. The highest BCUT2D eigenvalue weighted by Gasteiger charge is 2.01. The van der Waals surface area contributed by atoms with Gasteiger partial charge < -0.3 is 0 Å². The Morgan fingerprint density at radius 3 is 1.57 bits per heavy atom. The number of fused-ring (bicyclic) bond motifs is 1. The highest BCUT2D eigenvalue weighted by atomic mass is 14.1. The third-order valence-electron chi connectivity index (χ3n) is 4.35. The van der Waals surface area contributed by atoms with E-state index in [0.29, 0.717) is 0 Å². The lowest BCUT2D eigenvalue weighted by Crippen LogP contribution is -1.81. The molecule has 0 radical (unpaired) electrons. The molecule has 0 aliphatic carbocycles. The van der Waals surface area contributed by atoms with E-state index in [9.17, 15) is 0 Å². The first kappa shape index (κ1) is 13.8. The molecule has 0 unspecified atom stereocenters. The van der Waals surface area contributed by atoms with Crippen molar-refractivity contribution in [2.75, 3.05) is 0 Å². The van der Waals surface area contributed by atoms with Crippen molar-refractivity contribution in [3.05, 3.63) is 96.6 Å². The molecule has 0 heterocycles. The van der Waals surface area contributed by atoms with Crippen LogP contribution in [0, 0.1) is 6.92 Å². The number of aryl methyl sites for hydroxylation is 1. The zero-order valence-electron chi connectivity index (χ0n) is 13.2. The lowest BCUT2D eigenvalue weighted by Gasteiger charge is -2.07. The molecule has 0 aliphatic heterocycles. The predicted octanol–water partition coefficient (Wildman–Crippen LogP) is 6.48. The standard InChI is InChI=1S/C23H18/c1-17-6-8-19(9-7-17)20-10-12-21(13-11-20)23-15-14-18-4-2-3-5-22(18)16-23/h2-16H,1H3. The van der Waals surface area contributed by atoms with E-state index in [1.807, 2.05) is 0 Å². The van der Waals surface area contributed by atoms with Crippen molar-refractivity contribution in [3.63, 3.8) is 0 Å². The number of hydrogen-bond donors (Lipinski definition) is 0. The van der Waals surface area contributed by atoms with E-state index >= 15 is 0 Å². The van der Waals surface area contributed by atoms with Gasteiger partial charge in [0.2, 0.25) is 0 Å². The van der Waals surface area contributed by atoms with E-state index in [1.165, 1.54) is 38.6 Å². The Morgan fingerprint density at radius 1 is 0.435 bits per heavy atom. The fraction of sp³-hybridized carbons (Fsp3) is 0.0435. The second-order valence-electron chi connectivity index (χ2n) is 6.01. The van der Waals surface area contributed by atoms with Gasteiger partial charge >= 0.3 is 0 Å². The highest BCUT2D eigenvalue weighted by Crippen LogP contribution is 2.27. The monoisotopic (exact) mass is 294 g/mol. The molecule has 0 aliphatic rings. The molecule has 110 valence electrons. The van der Waals surface area contributed by atoms with Crippen LogP contribution in [0.15, 0.2) is 91.0 Å². The van der Waals surface area contributed by atoms with E-state index in [0.717, 1.165) is 0 Å². The van der Waals surface area contributed by atoms with E-state index in [1.54, 1.807) is 0 Å². The minimum absolute atomic E-state index is 1.26. The van der Waals surface area contributed by atoms with Gasteiger partial charge in [-0.25, -0.2) is 0 Å². The van der Waals surface area contributed by atoms with Gasteiger partial charge in [-0.3, -0.25) is 0 Å².